The minimum Gasteiger partial charge on any atom is -0.478 e. The van der Waals surface area contributed by atoms with Crippen LogP contribution in [0.4, 0.5) is 4.39 Å². The minimum atomic E-state index is -1.10. The van der Waals surface area contributed by atoms with Gasteiger partial charge in [0.2, 0.25) is 0 Å². The van der Waals surface area contributed by atoms with E-state index in [9.17, 15) is 14.3 Å². The zero-order valence-corrected chi connectivity index (χ0v) is 12.1. The van der Waals surface area contributed by atoms with Crippen molar-refractivity contribution in [2.24, 2.45) is 0 Å². The number of halogens is 2. The van der Waals surface area contributed by atoms with Crippen LogP contribution < -0.4 is 0 Å². The number of hydrogen-bond acceptors (Lipinski definition) is 2. The number of carboxylic acid groups (broad SMARTS) is 1. The average Bonchev–Trinajstić information content (AvgIpc) is 2.73. The molecule has 106 valence electrons. The molecule has 0 atom stereocenters. The SMILES string of the molecule is CC(C)(C)n1cc(C(=O)O)c(-c2ccc(F)cc2Cl)n1. The molecule has 0 bridgehead atoms. The van der Waals surface area contributed by atoms with Crippen molar-refractivity contribution in [2.45, 2.75) is 26.3 Å². The normalized spacial score (nSPS) is 11.7. The maximum Gasteiger partial charge on any atom is 0.339 e. The van der Waals surface area contributed by atoms with Gasteiger partial charge in [-0.25, -0.2) is 9.18 Å². The predicted molar refractivity (Wildman–Crippen MR) is 74.6 cm³/mol. The van der Waals surface area contributed by atoms with E-state index in [1.54, 1.807) is 4.68 Å². The van der Waals surface area contributed by atoms with Gasteiger partial charge in [-0.05, 0) is 39.0 Å². The highest BCUT2D eigenvalue weighted by molar-refractivity contribution is 6.33. The Morgan fingerprint density at radius 3 is 2.55 bits per heavy atom. The van der Waals surface area contributed by atoms with E-state index in [-0.39, 0.29) is 21.8 Å². The summed E-state index contributed by atoms with van der Waals surface area (Å²) in [4.78, 5) is 11.3. The van der Waals surface area contributed by atoms with Gasteiger partial charge in [-0.1, -0.05) is 11.6 Å². The van der Waals surface area contributed by atoms with Crippen LogP contribution in [0.25, 0.3) is 11.3 Å². The molecule has 0 amide bonds. The lowest BCUT2D eigenvalue weighted by Gasteiger charge is -2.18. The van der Waals surface area contributed by atoms with Gasteiger partial charge < -0.3 is 5.11 Å². The number of hydrogen-bond donors (Lipinski definition) is 1. The zero-order valence-electron chi connectivity index (χ0n) is 11.3. The summed E-state index contributed by atoms with van der Waals surface area (Å²) in [6.07, 6.45) is 1.46. The fourth-order valence-electron chi connectivity index (χ4n) is 1.75. The van der Waals surface area contributed by atoms with Gasteiger partial charge in [0.25, 0.3) is 0 Å². The van der Waals surface area contributed by atoms with Crippen molar-refractivity contribution in [1.29, 1.82) is 0 Å². The fraction of sp³-hybridized carbons (Fsp3) is 0.286. The van der Waals surface area contributed by atoms with E-state index in [1.807, 2.05) is 20.8 Å². The fourth-order valence-corrected chi connectivity index (χ4v) is 2.01. The summed E-state index contributed by atoms with van der Waals surface area (Å²) in [6, 6.07) is 3.79. The van der Waals surface area contributed by atoms with E-state index in [0.717, 1.165) is 6.07 Å². The number of aromatic nitrogens is 2. The molecule has 1 aromatic heterocycles. The third kappa shape index (κ3) is 2.67. The predicted octanol–water partition coefficient (Wildman–Crippen LogP) is 3.80. The Morgan fingerprint density at radius 1 is 1.40 bits per heavy atom. The van der Waals surface area contributed by atoms with E-state index in [4.69, 9.17) is 11.6 Å². The first-order valence-electron chi connectivity index (χ1n) is 5.99. The first-order valence-corrected chi connectivity index (χ1v) is 6.37. The van der Waals surface area contributed by atoms with E-state index in [2.05, 4.69) is 5.10 Å². The van der Waals surface area contributed by atoms with Crippen LogP contribution in [0.5, 0.6) is 0 Å². The first kappa shape index (κ1) is 14.5. The highest BCUT2D eigenvalue weighted by Gasteiger charge is 2.23. The molecule has 0 unspecified atom stereocenters. The molecule has 0 saturated heterocycles. The molecule has 1 heterocycles. The van der Waals surface area contributed by atoms with Crippen LogP contribution in [0.2, 0.25) is 5.02 Å². The van der Waals surface area contributed by atoms with Gasteiger partial charge in [0, 0.05) is 11.8 Å². The number of carbonyl (C=O) groups is 1. The van der Waals surface area contributed by atoms with Crippen LogP contribution in [0.15, 0.2) is 24.4 Å². The van der Waals surface area contributed by atoms with Gasteiger partial charge in [-0.3, -0.25) is 4.68 Å². The average molecular weight is 297 g/mol. The van der Waals surface area contributed by atoms with E-state index in [1.165, 1.54) is 18.3 Å². The second kappa shape index (κ2) is 4.90. The Bertz CT molecular complexity index is 674. The second-order valence-corrected chi connectivity index (χ2v) is 5.84. The monoisotopic (exact) mass is 296 g/mol. The molecule has 0 aliphatic heterocycles. The molecule has 0 spiro atoms. The standard InChI is InChI=1S/C14H14ClFN2O2/c1-14(2,3)18-7-10(13(19)20)12(17-18)9-5-4-8(16)6-11(9)15/h4-7H,1-3H3,(H,19,20). The number of benzene rings is 1. The smallest absolute Gasteiger partial charge is 0.339 e. The van der Waals surface area contributed by atoms with Crippen molar-refractivity contribution < 1.29 is 14.3 Å². The summed E-state index contributed by atoms with van der Waals surface area (Å²) in [7, 11) is 0. The highest BCUT2D eigenvalue weighted by Crippen LogP contribution is 2.31. The number of aromatic carboxylic acids is 1. The summed E-state index contributed by atoms with van der Waals surface area (Å²) >= 11 is 5.98. The maximum absolute atomic E-state index is 13.1. The molecule has 2 aromatic rings. The van der Waals surface area contributed by atoms with Gasteiger partial charge in [-0.15, -0.1) is 0 Å². The molecule has 1 aromatic carbocycles. The van der Waals surface area contributed by atoms with Gasteiger partial charge in [-0.2, -0.15) is 5.10 Å². The number of carboxylic acids is 1. The zero-order chi connectivity index (χ0) is 15.1. The third-order valence-electron chi connectivity index (χ3n) is 2.82. The van der Waals surface area contributed by atoms with Crippen LogP contribution >= 0.6 is 11.6 Å². The third-order valence-corrected chi connectivity index (χ3v) is 3.13. The van der Waals surface area contributed by atoms with Gasteiger partial charge >= 0.3 is 5.97 Å². The molecular formula is C14H14ClFN2O2. The van der Waals surface area contributed by atoms with Crippen LogP contribution in [0, 0.1) is 5.82 Å². The first-order chi connectivity index (χ1) is 9.20. The molecule has 4 nitrogen and oxygen atoms in total. The maximum atomic E-state index is 13.1. The Morgan fingerprint density at radius 2 is 2.05 bits per heavy atom. The Kier molecular flexibility index (Phi) is 3.56. The van der Waals surface area contributed by atoms with Gasteiger partial charge in [0.05, 0.1) is 10.6 Å². The molecule has 0 aliphatic rings. The van der Waals surface area contributed by atoms with Crippen LogP contribution in [-0.4, -0.2) is 20.9 Å². The molecule has 0 radical (unpaired) electrons. The van der Waals surface area contributed by atoms with E-state index >= 15 is 0 Å². The Hall–Kier alpha value is -1.88. The number of nitrogens with zero attached hydrogens (tertiary/aromatic N) is 2. The summed E-state index contributed by atoms with van der Waals surface area (Å²) < 4.78 is 14.7. The lowest BCUT2D eigenvalue weighted by molar-refractivity contribution is 0.0697. The van der Waals surface area contributed by atoms with Crippen molar-refractivity contribution in [3.05, 3.63) is 40.8 Å². The Balaban J connectivity index is 2.66. The van der Waals surface area contributed by atoms with E-state index < -0.39 is 11.8 Å². The summed E-state index contributed by atoms with van der Waals surface area (Å²) in [5.74, 6) is -1.58. The Labute approximate surface area is 120 Å². The molecule has 0 saturated carbocycles. The molecule has 0 aliphatic carbocycles. The molecular weight excluding hydrogens is 283 g/mol. The number of rotatable bonds is 2. The van der Waals surface area contributed by atoms with Crippen molar-refractivity contribution in [3.8, 4) is 11.3 Å². The van der Waals surface area contributed by atoms with Gasteiger partial charge in [0.1, 0.15) is 17.1 Å². The van der Waals surface area contributed by atoms with Crippen molar-refractivity contribution in [2.75, 3.05) is 0 Å². The second-order valence-electron chi connectivity index (χ2n) is 5.44. The van der Waals surface area contributed by atoms with Crippen LogP contribution in [0.3, 0.4) is 0 Å². The molecule has 6 heteroatoms. The van der Waals surface area contributed by atoms with Crippen LogP contribution in [-0.2, 0) is 5.54 Å². The topological polar surface area (TPSA) is 55.1 Å². The minimum absolute atomic E-state index is 0.0356. The van der Waals surface area contributed by atoms with E-state index in [0.29, 0.717) is 5.56 Å². The lowest BCUT2D eigenvalue weighted by atomic mass is 10.1. The largest absolute Gasteiger partial charge is 0.478 e. The molecule has 1 N–H and O–H groups in total. The molecule has 2 rings (SSSR count). The molecule has 0 fully saturated rings. The summed E-state index contributed by atoms with van der Waals surface area (Å²) in [6.45, 7) is 5.71. The van der Waals surface area contributed by atoms with Crippen molar-refractivity contribution in [1.82, 2.24) is 9.78 Å². The summed E-state index contributed by atoms with van der Waals surface area (Å²) in [5, 5.41) is 13.7. The molecule has 20 heavy (non-hydrogen) atoms. The van der Waals surface area contributed by atoms with Crippen molar-refractivity contribution >= 4 is 17.6 Å². The van der Waals surface area contributed by atoms with Gasteiger partial charge in [0.15, 0.2) is 0 Å². The highest BCUT2D eigenvalue weighted by atomic mass is 35.5. The van der Waals surface area contributed by atoms with Crippen molar-refractivity contribution in [3.63, 3.8) is 0 Å². The lowest BCUT2D eigenvalue weighted by Crippen LogP contribution is -2.22. The van der Waals surface area contributed by atoms with Crippen LogP contribution in [0.1, 0.15) is 31.1 Å². The quantitative estimate of drug-likeness (QED) is 0.917. The summed E-state index contributed by atoms with van der Waals surface area (Å²) in [5.41, 5.74) is 0.300.